The van der Waals surface area contributed by atoms with Gasteiger partial charge in [-0.25, -0.2) is 0 Å². The number of ether oxygens (including phenoxy) is 1. The summed E-state index contributed by atoms with van der Waals surface area (Å²) in [6.45, 7) is 8.06. The van der Waals surface area contributed by atoms with E-state index in [1.54, 1.807) is 24.5 Å². The van der Waals surface area contributed by atoms with Gasteiger partial charge in [0.05, 0.1) is 5.56 Å². The maximum absolute atomic E-state index is 11.8. The first kappa shape index (κ1) is 22.6. The number of halogens is 1. The zero-order valence-corrected chi connectivity index (χ0v) is 16.7. The van der Waals surface area contributed by atoms with Crippen molar-refractivity contribution in [3.63, 3.8) is 0 Å². The third kappa shape index (κ3) is 10.4. The van der Waals surface area contributed by atoms with E-state index in [1.165, 1.54) is 0 Å². The molecule has 0 aliphatic heterocycles. The predicted molar refractivity (Wildman–Crippen MR) is 107 cm³/mol. The van der Waals surface area contributed by atoms with Crippen molar-refractivity contribution in [2.75, 3.05) is 39.4 Å². The maximum atomic E-state index is 11.8. The fraction of sp³-hybridized carbons (Fsp3) is 0.562. The predicted octanol–water partition coefficient (Wildman–Crippen LogP) is 1.41. The van der Waals surface area contributed by atoms with Crippen molar-refractivity contribution in [3.05, 3.63) is 30.1 Å². The van der Waals surface area contributed by atoms with Crippen molar-refractivity contribution in [2.24, 2.45) is 4.99 Å². The summed E-state index contributed by atoms with van der Waals surface area (Å²) in [7, 11) is 0. The van der Waals surface area contributed by atoms with Crippen LogP contribution in [0.1, 0.15) is 30.6 Å². The van der Waals surface area contributed by atoms with Gasteiger partial charge in [0.2, 0.25) is 0 Å². The molecule has 1 heterocycles. The summed E-state index contributed by atoms with van der Waals surface area (Å²) >= 11 is 0. The molecule has 1 aromatic rings. The standard InChI is InChI=1S/C16H27N5O2.HI/c1-3-18-16(20-9-6-12-23-4-2)21-11-10-19-15(22)14-7-5-8-17-13-14;/h5,7-8,13H,3-4,6,9-12H2,1-2H3,(H,19,22)(H2,18,20,21);1H. The minimum Gasteiger partial charge on any atom is -0.382 e. The number of rotatable bonds is 10. The molecule has 8 heteroatoms. The second-order valence-corrected chi connectivity index (χ2v) is 4.74. The maximum Gasteiger partial charge on any atom is 0.252 e. The Morgan fingerprint density at radius 3 is 2.71 bits per heavy atom. The van der Waals surface area contributed by atoms with Crippen LogP contribution in [0.3, 0.4) is 0 Å². The lowest BCUT2D eigenvalue weighted by Gasteiger charge is -2.12. The number of guanidine groups is 1. The fourth-order valence-electron chi connectivity index (χ4n) is 1.80. The SMILES string of the molecule is CCNC(=NCCCOCC)NCCNC(=O)c1cccnc1.I. The highest BCUT2D eigenvalue weighted by molar-refractivity contribution is 14.0. The first-order valence-electron chi connectivity index (χ1n) is 8.06. The van der Waals surface area contributed by atoms with Crippen molar-refractivity contribution >= 4 is 35.8 Å². The van der Waals surface area contributed by atoms with Gasteiger partial charge in [0, 0.05) is 51.8 Å². The van der Waals surface area contributed by atoms with Crippen LogP contribution < -0.4 is 16.0 Å². The van der Waals surface area contributed by atoms with Gasteiger partial charge in [-0.3, -0.25) is 14.8 Å². The number of pyridine rings is 1. The first-order chi connectivity index (χ1) is 11.3. The Kier molecular flexibility index (Phi) is 14.2. The van der Waals surface area contributed by atoms with Gasteiger partial charge in [0.25, 0.3) is 5.91 Å². The zero-order chi connectivity index (χ0) is 16.8. The number of hydrogen-bond donors (Lipinski definition) is 3. The van der Waals surface area contributed by atoms with E-state index in [-0.39, 0.29) is 29.9 Å². The molecule has 0 aromatic carbocycles. The lowest BCUT2D eigenvalue weighted by Crippen LogP contribution is -2.41. The molecule has 0 unspecified atom stereocenters. The molecule has 0 aliphatic carbocycles. The van der Waals surface area contributed by atoms with E-state index in [0.717, 1.165) is 32.1 Å². The van der Waals surface area contributed by atoms with Gasteiger partial charge < -0.3 is 20.7 Å². The summed E-state index contributed by atoms with van der Waals surface area (Å²) in [5, 5.41) is 9.19. The first-order valence-corrected chi connectivity index (χ1v) is 8.06. The smallest absolute Gasteiger partial charge is 0.252 e. The Morgan fingerprint density at radius 1 is 1.25 bits per heavy atom. The second kappa shape index (κ2) is 15.1. The van der Waals surface area contributed by atoms with E-state index in [2.05, 4.69) is 25.9 Å². The molecule has 0 aliphatic rings. The molecule has 0 spiro atoms. The van der Waals surface area contributed by atoms with E-state index in [4.69, 9.17) is 4.74 Å². The molecule has 1 amide bonds. The third-order valence-corrected chi connectivity index (χ3v) is 2.89. The number of aliphatic imine (C=N–C) groups is 1. The summed E-state index contributed by atoms with van der Waals surface area (Å²) in [6, 6.07) is 3.48. The Morgan fingerprint density at radius 2 is 2.04 bits per heavy atom. The highest BCUT2D eigenvalue weighted by atomic mass is 127. The average molecular weight is 449 g/mol. The van der Waals surface area contributed by atoms with Crippen LogP contribution in [0, 0.1) is 0 Å². The Balaban J connectivity index is 0.00000529. The van der Waals surface area contributed by atoms with Crippen molar-refractivity contribution in [2.45, 2.75) is 20.3 Å². The van der Waals surface area contributed by atoms with Gasteiger partial charge in [-0.05, 0) is 32.4 Å². The van der Waals surface area contributed by atoms with Crippen LogP contribution in [-0.4, -0.2) is 56.2 Å². The monoisotopic (exact) mass is 449 g/mol. The number of nitrogens with zero attached hydrogens (tertiary/aromatic N) is 2. The molecule has 0 fully saturated rings. The Labute approximate surface area is 161 Å². The quantitative estimate of drug-likeness (QED) is 0.218. The molecule has 0 bridgehead atoms. The van der Waals surface area contributed by atoms with Crippen LogP contribution in [-0.2, 0) is 4.74 Å². The molecule has 0 radical (unpaired) electrons. The number of carbonyl (C=O) groups is 1. The zero-order valence-electron chi connectivity index (χ0n) is 14.4. The summed E-state index contributed by atoms with van der Waals surface area (Å²) in [5.41, 5.74) is 0.559. The molecule has 1 rings (SSSR count). The van der Waals surface area contributed by atoms with Crippen molar-refractivity contribution in [1.29, 1.82) is 0 Å². The summed E-state index contributed by atoms with van der Waals surface area (Å²) in [4.78, 5) is 20.2. The highest BCUT2D eigenvalue weighted by Gasteiger charge is 2.03. The normalized spacial score (nSPS) is 10.7. The van der Waals surface area contributed by atoms with Crippen LogP contribution in [0.5, 0.6) is 0 Å². The van der Waals surface area contributed by atoms with Crippen molar-refractivity contribution in [3.8, 4) is 0 Å². The topological polar surface area (TPSA) is 87.6 Å². The number of aromatic nitrogens is 1. The fourth-order valence-corrected chi connectivity index (χ4v) is 1.80. The minimum absolute atomic E-state index is 0. The molecule has 24 heavy (non-hydrogen) atoms. The van der Waals surface area contributed by atoms with Crippen LogP contribution in [0.15, 0.2) is 29.5 Å². The molecular weight excluding hydrogens is 421 g/mol. The van der Waals surface area contributed by atoms with Crippen LogP contribution >= 0.6 is 24.0 Å². The van der Waals surface area contributed by atoms with Gasteiger partial charge in [-0.1, -0.05) is 0 Å². The molecule has 7 nitrogen and oxygen atoms in total. The average Bonchev–Trinajstić information content (AvgIpc) is 2.59. The van der Waals surface area contributed by atoms with Crippen LogP contribution in [0.25, 0.3) is 0 Å². The summed E-state index contributed by atoms with van der Waals surface area (Å²) in [6.07, 6.45) is 4.08. The summed E-state index contributed by atoms with van der Waals surface area (Å²) < 4.78 is 5.28. The van der Waals surface area contributed by atoms with Crippen LogP contribution in [0.2, 0.25) is 0 Å². The van der Waals surface area contributed by atoms with Crippen molar-refractivity contribution < 1.29 is 9.53 Å². The lowest BCUT2D eigenvalue weighted by atomic mass is 10.3. The minimum atomic E-state index is -0.126. The Bertz CT molecular complexity index is 471. The lowest BCUT2D eigenvalue weighted by molar-refractivity contribution is 0.0954. The van der Waals surface area contributed by atoms with E-state index >= 15 is 0 Å². The number of carbonyl (C=O) groups excluding carboxylic acids is 1. The molecule has 1 aromatic heterocycles. The van der Waals surface area contributed by atoms with E-state index in [1.807, 2.05) is 13.8 Å². The van der Waals surface area contributed by atoms with Gasteiger partial charge in [0.15, 0.2) is 5.96 Å². The molecule has 3 N–H and O–H groups in total. The van der Waals surface area contributed by atoms with Gasteiger partial charge in [-0.2, -0.15) is 0 Å². The Hall–Kier alpha value is -1.42. The van der Waals surface area contributed by atoms with Crippen LogP contribution in [0.4, 0.5) is 0 Å². The van der Waals surface area contributed by atoms with E-state index in [9.17, 15) is 4.79 Å². The second-order valence-electron chi connectivity index (χ2n) is 4.74. The molecular formula is C16H28IN5O2. The van der Waals surface area contributed by atoms with E-state index < -0.39 is 0 Å². The molecule has 0 saturated carbocycles. The summed E-state index contributed by atoms with van der Waals surface area (Å²) in [5.74, 6) is 0.623. The van der Waals surface area contributed by atoms with Gasteiger partial charge in [-0.15, -0.1) is 24.0 Å². The van der Waals surface area contributed by atoms with E-state index in [0.29, 0.717) is 25.2 Å². The third-order valence-electron chi connectivity index (χ3n) is 2.89. The number of amides is 1. The number of hydrogen-bond acceptors (Lipinski definition) is 4. The van der Waals surface area contributed by atoms with Gasteiger partial charge >= 0.3 is 0 Å². The largest absolute Gasteiger partial charge is 0.382 e. The highest BCUT2D eigenvalue weighted by Crippen LogP contribution is 1.94. The van der Waals surface area contributed by atoms with Gasteiger partial charge in [0.1, 0.15) is 0 Å². The van der Waals surface area contributed by atoms with Crippen molar-refractivity contribution in [1.82, 2.24) is 20.9 Å². The number of nitrogens with one attached hydrogen (secondary N) is 3. The molecule has 0 atom stereocenters. The molecule has 0 saturated heterocycles. The molecule has 136 valence electrons.